The van der Waals surface area contributed by atoms with Crippen molar-refractivity contribution in [3.05, 3.63) is 34.9 Å². The SMILES string of the molecule is CCCCNC1CC(c2ccc(Cl)cc2)C1. The predicted octanol–water partition coefficient (Wildman–Crippen LogP) is 3.98. The molecule has 1 aromatic carbocycles. The molecular formula is C14H20ClN. The second-order valence-electron chi connectivity index (χ2n) is 4.72. The molecule has 0 unspecified atom stereocenters. The van der Waals surface area contributed by atoms with Crippen molar-refractivity contribution in [2.45, 2.75) is 44.6 Å². The number of benzene rings is 1. The van der Waals surface area contributed by atoms with Gasteiger partial charge in [-0.25, -0.2) is 0 Å². The molecule has 0 radical (unpaired) electrons. The maximum atomic E-state index is 5.88. The summed E-state index contributed by atoms with van der Waals surface area (Å²) in [6.07, 6.45) is 5.14. The highest BCUT2D eigenvalue weighted by Gasteiger charge is 2.29. The third kappa shape index (κ3) is 2.99. The zero-order chi connectivity index (χ0) is 11.4. The summed E-state index contributed by atoms with van der Waals surface area (Å²) >= 11 is 5.88. The van der Waals surface area contributed by atoms with Gasteiger partial charge in [-0.3, -0.25) is 0 Å². The van der Waals surface area contributed by atoms with E-state index in [1.165, 1.54) is 37.8 Å². The Bertz CT molecular complexity index is 314. The van der Waals surface area contributed by atoms with Crippen LogP contribution in [0.5, 0.6) is 0 Å². The lowest BCUT2D eigenvalue weighted by atomic mass is 9.76. The van der Waals surface area contributed by atoms with Crippen LogP contribution in [-0.2, 0) is 0 Å². The van der Waals surface area contributed by atoms with E-state index in [2.05, 4.69) is 24.4 Å². The first-order chi connectivity index (χ1) is 7.79. The fourth-order valence-electron chi connectivity index (χ4n) is 2.27. The Balaban J connectivity index is 1.73. The van der Waals surface area contributed by atoms with Gasteiger partial charge in [0.25, 0.3) is 0 Å². The maximum Gasteiger partial charge on any atom is 0.0406 e. The van der Waals surface area contributed by atoms with E-state index in [-0.39, 0.29) is 0 Å². The highest BCUT2D eigenvalue weighted by atomic mass is 35.5. The molecule has 2 heteroatoms. The van der Waals surface area contributed by atoms with Gasteiger partial charge in [0.05, 0.1) is 0 Å². The number of nitrogens with one attached hydrogen (secondary N) is 1. The van der Waals surface area contributed by atoms with Crippen molar-refractivity contribution in [2.24, 2.45) is 0 Å². The third-order valence-corrected chi connectivity index (χ3v) is 3.69. The summed E-state index contributed by atoms with van der Waals surface area (Å²) in [4.78, 5) is 0. The molecule has 1 N–H and O–H groups in total. The first kappa shape index (κ1) is 11.9. The van der Waals surface area contributed by atoms with Crippen LogP contribution in [0.3, 0.4) is 0 Å². The molecule has 0 heterocycles. The molecule has 0 bridgehead atoms. The Kier molecular flexibility index (Phi) is 4.25. The first-order valence-corrected chi connectivity index (χ1v) is 6.66. The van der Waals surface area contributed by atoms with Gasteiger partial charge in [0, 0.05) is 11.1 Å². The van der Waals surface area contributed by atoms with Gasteiger partial charge < -0.3 is 5.32 Å². The van der Waals surface area contributed by atoms with E-state index >= 15 is 0 Å². The van der Waals surface area contributed by atoms with Gasteiger partial charge in [-0.1, -0.05) is 37.1 Å². The molecule has 0 atom stereocenters. The standard InChI is InChI=1S/C14H20ClN/c1-2-3-8-16-14-9-12(10-14)11-4-6-13(15)7-5-11/h4-7,12,14,16H,2-3,8-10H2,1H3. The summed E-state index contributed by atoms with van der Waals surface area (Å²) in [5.41, 5.74) is 1.44. The van der Waals surface area contributed by atoms with Crippen LogP contribution in [0.15, 0.2) is 24.3 Å². The Morgan fingerprint density at radius 3 is 2.56 bits per heavy atom. The third-order valence-electron chi connectivity index (χ3n) is 3.44. The van der Waals surface area contributed by atoms with E-state index in [0.29, 0.717) is 0 Å². The Hall–Kier alpha value is -0.530. The second kappa shape index (κ2) is 5.70. The van der Waals surface area contributed by atoms with E-state index in [9.17, 15) is 0 Å². The van der Waals surface area contributed by atoms with Gasteiger partial charge in [-0.2, -0.15) is 0 Å². The average Bonchev–Trinajstić information content (AvgIpc) is 2.23. The molecule has 1 aliphatic rings. The first-order valence-electron chi connectivity index (χ1n) is 6.28. The largest absolute Gasteiger partial charge is 0.314 e. The van der Waals surface area contributed by atoms with Gasteiger partial charge in [0.2, 0.25) is 0 Å². The minimum Gasteiger partial charge on any atom is -0.314 e. The van der Waals surface area contributed by atoms with Crippen LogP contribution in [0.25, 0.3) is 0 Å². The summed E-state index contributed by atoms with van der Waals surface area (Å²) < 4.78 is 0. The monoisotopic (exact) mass is 237 g/mol. The lowest BCUT2D eigenvalue weighted by molar-refractivity contribution is 0.290. The van der Waals surface area contributed by atoms with E-state index in [1.54, 1.807) is 0 Å². The quantitative estimate of drug-likeness (QED) is 0.764. The van der Waals surface area contributed by atoms with Crippen molar-refractivity contribution >= 4 is 11.6 Å². The lowest BCUT2D eigenvalue weighted by Crippen LogP contribution is -2.40. The smallest absolute Gasteiger partial charge is 0.0406 e. The summed E-state index contributed by atoms with van der Waals surface area (Å²) in [6.45, 7) is 3.41. The number of unbranched alkanes of at least 4 members (excludes halogenated alkanes) is 1. The zero-order valence-electron chi connectivity index (χ0n) is 9.88. The molecule has 16 heavy (non-hydrogen) atoms. The minimum absolute atomic E-state index is 0.743. The molecule has 1 nitrogen and oxygen atoms in total. The van der Waals surface area contributed by atoms with Crippen LogP contribution in [0.1, 0.15) is 44.1 Å². The summed E-state index contributed by atoms with van der Waals surface area (Å²) in [6, 6.07) is 9.06. The molecule has 1 fully saturated rings. The number of rotatable bonds is 5. The van der Waals surface area contributed by atoms with Crippen LogP contribution >= 0.6 is 11.6 Å². The van der Waals surface area contributed by atoms with E-state index in [4.69, 9.17) is 11.6 Å². The van der Waals surface area contributed by atoms with E-state index in [1.807, 2.05) is 12.1 Å². The molecular weight excluding hydrogens is 218 g/mol. The van der Waals surface area contributed by atoms with Gasteiger partial charge in [0.1, 0.15) is 0 Å². The Morgan fingerprint density at radius 2 is 1.94 bits per heavy atom. The molecule has 1 aromatic rings. The Morgan fingerprint density at radius 1 is 1.25 bits per heavy atom. The van der Waals surface area contributed by atoms with Gasteiger partial charge in [-0.05, 0) is 49.4 Å². The fourth-order valence-corrected chi connectivity index (χ4v) is 2.40. The van der Waals surface area contributed by atoms with E-state index < -0.39 is 0 Å². The molecule has 0 aromatic heterocycles. The van der Waals surface area contributed by atoms with Gasteiger partial charge >= 0.3 is 0 Å². The average molecular weight is 238 g/mol. The molecule has 0 aliphatic heterocycles. The van der Waals surface area contributed by atoms with Crippen LogP contribution in [0.2, 0.25) is 5.02 Å². The minimum atomic E-state index is 0.743. The molecule has 1 saturated carbocycles. The normalized spacial score (nSPS) is 24.1. The van der Waals surface area contributed by atoms with Crippen molar-refractivity contribution in [1.82, 2.24) is 5.32 Å². The van der Waals surface area contributed by atoms with Gasteiger partial charge in [0.15, 0.2) is 0 Å². The van der Waals surface area contributed by atoms with Crippen molar-refractivity contribution < 1.29 is 0 Å². The van der Waals surface area contributed by atoms with Gasteiger partial charge in [-0.15, -0.1) is 0 Å². The number of hydrogen-bond acceptors (Lipinski definition) is 1. The van der Waals surface area contributed by atoms with Crippen LogP contribution in [0.4, 0.5) is 0 Å². The number of hydrogen-bond donors (Lipinski definition) is 1. The molecule has 0 saturated heterocycles. The topological polar surface area (TPSA) is 12.0 Å². The maximum absolute atomic E-state index is 5.88. The van der Waals surface area contributed by atoms with Crippen molar-refractivity contribution in [2.75, 3.05) is 6.54 Å². The van der Waals surface area contributed by atoms with Crippen molar-refractivity contribution in [1.29, 1.82) is 0 Å². The zero-order valence-corrected chi connectivity index (χ0v) is 10.6. The van der Waals surface area contributed by atoms with Crippen molar-refractivity contribution in [3.8, 4) is 0 Å². The predicted molar refractivity (Wildman–Crippen MR) is 70.1 cm³/mol. The van der Waals surface area contributed by atoms with Crippen molar-refractivity contribution in [3.63, 3.8) is 0 Å². The lowest BCUT2D eigenvalue weighted by Gasteiger charge is -2.36. The fraction of sp³-hybridized carbons (Fsp3) is 0.571. The molecule has 0 amide bonds. The molecule has 1 aliphatic carbocycles. The molecule has 88 valence electrons. The Labute approximate surface area is 103 Å². The second-order valence-corrected chi connectivity index (χ2v) is 5.16. The van der Waals surface area contributed by atoms with Crippen LogP contribution < -0.4 is 5.32 Å². The van der Waals surface area contributed by atoms with Crippen LogP contribution in [-0.4, -0.2) is 12.6 Å². The summed E-state index contributed by atoms with van der Waals surface area (Å²) in [5.74, 6) is 0.747. The molecule has 0 spiro atoms. The highest BCUT2D eigenvalue weighted by molar-refractivity contribution is 6.30. The summed E-state index contributed by atoms with van der Waals surface area (Å²) in [7, 11) is 0. The van der Waals surface area contributed by atoms with Crippen LogP contribution in [0, 0.1) is 0 Å². The van der Waals surface area contributed by atoms with E-state index in [0.717, 1.165) is 17.0 Å². The summed E-state index contributed by atoms with van der Waals surface area (Å²) in [5, 5.41) is 4.44. The number of halogens is 1. The molecule has 2 rings (SSSR count). The highest BCUT2D eigenvalue weighted by Crippen LogP contribution is 2.37.